The molecule has 0 aromatic heterocycles. The molecule has 0 bridgehead atoms. The molecule has 2 nitrogen and oxygen atoms in total. The van der Waals surface area contributed by atoms with E-state index in [1.165, 1.54) is 6.07 Å². The van der Waals surface area contributed by atoms with E-state index in [4.69, 9.17) is 23.2 Å². The molecule has 0 aliphatic carbocycles. The molecule has 5 heteroatoms. The lowest BCUT2D eigenvalue weighted by atomic mass is 10.1. The number of nitrogens with zero attached hydrogens (tertiary/aromatic N) is 1. The van der Waals surface area contributed by atoms with Crippen LogP contribution in [-0.2, 0) is 6.54 Å². The molecule has 2 rings (SSSR count). The van der Waals surface area contributed by atoms with Crippen LogP contribution in [-0.4, -0.2) is 24.3 Å². The van der Waals surface area contributed by atoms with Crippen LogP contribution >= 0.6 is 23.2 Å². The average molecular weight is 326 g/mol. The Morgan fingerprint density at radius 3 is 2.62 bits per heavy atom. The lowest BCUT2D eigenvalue weighted by Gasteiger charge is -2.16. The molecule has 0 radical (unpaired) electrons. The molecule has 0 fully saturated rings. The van der Waals surface area contributed by atoms with E-state index in [-0.39, 0.29) is 18.1 Å². The summed E-state index contributed by atoms with van der Waals surface area (Å²) in [6.07, 6.45) is 0. The second-order valence-corrected chi connectivity index (χ2v) is 5.65. The van der Waals surface area contributed by atoms with Crippen molar-refractivity contribution in [1.82, 2.24) is 4.90 Å². The number of carbonyl (C=O) groups is 1. The SMILES string of the molecule is CN(CC(=O)c1cc(Cl)ccc1Cl)Cc1ccccc1F. The Bertz CT molecular complexity index is 660. The Kier molecular flexibility index (Phi) is 5.34. The van der Waals surface area contributed by atoms with Crippen LogP contribution in [0.25, 0.3) is 0 Å². The maximum Gasteiger partial charge on any atom is 0.178 e. The summed E-state index contributed by atoms with van der Waals surface area (Å²) >= 11 is 11.9. The molecule has 2 aromatic rings. The third-order valence-corrected chi connectivity index (χ3v) is 3.61. The van der Waals surface area contributed by atoms with Crippen molar-refractivity contribution < 1.29 is 9.18 Å². The molecule has 110 valence electrons. The van der Waals surface area contributed by atoms with Crippen LogP contribution in [0.15, 0.2) is 42.5 Å². The summed E-state index contributed by atoms with van der Waals surface area (Å²) in [6.45, 7) is 0.477. The summed E-state index contributed by atoms with van der Waals surface area (Å²) in [7, 11) is 1.75. The molecule has 0 spiro atoms. The van der Waals surface area contributed by atoms with E-state index in [9.17, 15) is 9.18 Å². The van der Waals surface area contributed by atoms with Gasteiger partial charge in [-0.05, 0) is 31.3 Å². The number of rotatable bonds is 5. The van der Waals surface area contributed by atoms with E-state index in [1.54, 1.807) is 48.3 Å². The average Bonchev–Trinajstić information content (AvgIpc) is 2.44. The zero-order valence-corrected chi connectivity index (χ0v) is 13.0. The minimum atomic E-state index is -0.280. The summed E-state index contributed by atoms with van der Waals surface area (Å²) < 4.78 is 13.6. The molecule has 0 aliphatic rings. The van der Waals surface area contributed by atoms with Gasteiger partial charge in [-0.15, -0.1) is 0 Å². The zero-order valence-electron chi connectivity index (χ0n) is 11.4. The molecular formula is C16H14Cl2FNO. The van der Waals surface area contributed by atoms with Crippen molar-refractivity contribution in [3.8, 4) is 0 Å². The summed E-state index contributed by atoms with van der Waals surface area (Å²) in [5.41, 5.74) is 0.926. The van der Waals surface area contributed by atoms with Crippen LogP contribution in [0.3, 0.4) is 0 Å². The van der Waals surface area contributed by atoms with E-state index in [0.29, 0.717) is 27.7 Å². The number of benzene rings is 2. The highest BCUT2D eigenvalue weighted by atomic mass is 35.5. The lowest BCUT2D eigenvalue weighted by molar-refractivity contribution is 0.0942. The van der Waals surface area contributed by atoms with Gasteiger partial charge < -0.3 is 0 Å². The van der Waals surface area contributed by atoms with Crippen molar-refractivity contribution in [2.75, 3.05) is 13.6 Å². The minimum Gasteiger partial charge on any atom is -0.294 e. The van der Waals surface area contributed by atoms with E-state index in [0.717, 1.165) is 0 Å². The number of carbonyl (C=O) groups excluding carboxylic acids is 1. The number of hydrogen-bond acceptors (Lipinski definition) is 2. The minimum absolute atomic E-state index is 0.133. The van der Waals surface area contributed by atoms with Gasteiger partial charge in [-0.25, -0.2) is 4.39 Å². The van der Waals surface area contributed by atoms with Gasteiger partial charge in [-0.3, -0.25) is 9.69 Å². The maximum absolute atomic E-state index is 13.6. The van der Waals surface area contributed by atoms with Crippen LogP contribution in [0, 0.1) is 5.82 Å². The normalized spacial score (nSPS) is 10.9. The van der Waals surface area contributed by atoms with Crippen LogP contribution in [0.2, 0.25) is 10.0 Å². The predicted octanol–water partition coefficient (Wildman–Crippen LogP) is 4.45. The molecule has 2 aromatic carbocycles. The van der Waals surface area contributed by atoms with Crippen molar-refractivity contribution in [3.63, 3.8) is 0 Å². The predicted molar refractivity (Wildman–Crippen MR) is 83.5 cm³/mol. The number of hydrogen-bond donors (Lipinski definition) is 0. The number of likely N-dealkylation sites (N-methyl/N-ethyl adjacent to an activating group) is 1. The summed E-state index contributed by atoms with van der Waals surface area (Å²) in [5, 5.41) is 0.822. The van der Waals surface area contributed by atoms with E-state index >= 15 is 0 Å². The zero-order chi connectivity index (χ0) is 15.4. The van der Waals surface area contributed by atoms with Gasteiger partial charge in [-0.1, -0.05) is 41.4 Å². The molecule has 0 N–H and O–H groups in total. The Morgan fingerprint density at radius 1 is 1.19 bits per heavy atom. The highest BCUT2D eigenvalue weighted by Gasteiger charge is 2.14. The van der Waals surface area contributed by atoms with E-state index in [1.807, 2.05) is 0 Å². The van der Waals surface area contributed by atoms with E-state index < -0.39 is 0 Å². The van der Waals surface area contributed by atoms with E-state index in [2.05, 4.69) is 0 Å². The largest absolute Gasteiger partial charge is 0.294 e. The topological polar surface area (TPSA) is 20.3 Å². The van der Waals surface area contributed by atoms with Crippen molar-refractivity contribution in [1.29, 1.82) is 0 Å². The lowest BCUT2D eigenvalue weighted by Crippen LogP contribution is -2.26. The Hall–Kier alpha value is -1.42. The van der Waals surface area contributed by atoms with Crippen LogP contribution in [0.4, 0.5) is 4.39 Å². The van der Waals surface area contributed by atoms with Crippen LogP contribution in [0.1, 0.15) is 15.9 Å². The molecule has 0 aliphatic heterocycles. The molecule has 0 saturated heterocycles. The fourth-order valence-corrected chi connectivity index (χ4v) is 2.41. The highest BCUT2D eigenvalue weighted by molar-refractivity contribution is 6.36. The van der Waals surface area contributed by atoms with Crippen molar-refractivity contribution >= 4 is 29.0 Å². The first-order valence-corrected chi connectivity index (χ1v) is 7.13. The highest BCUT2D eigenvalue weighted by Crippen LogP contribution is 2.21. The second-order valence-electron chi connectivity index (χ2n) is 4.81. The van der Waals surface area contributed by atoms with Gasteiger partial charge in [-0.2, -0.15) is 0 Å². The second kappa shape index (κ2) is 7.03. The summed E-state index contributed by atoms with van der Waals surface area (Å²) in [4.78, 5) is 14.0. The Labute approximate surface area is 133 Å². The first kappa shape index (κ1) is 16.0. The van der Waals surface area contributed by atoms with Gasteiger partial charge in [0.1, 0.15) is 5.82 Å². The Balaban J connectivity index is 2.06. The summed E-state index contributed by atoms with van der Waals surface area (Å²) in [5.74, 6) is -0.432. The summed E-state index contributed by atoms with van der Waals surface area (Å²) in [6, 6.07) is 11.3. The van der Waals surface area contributed by atoms with Crippen molar-refractivity contribution in [3.05, 3.63) is 69.5 Å². The number of halogens is 3. The van der Waals surface area contributed by atoms with Gasteiger partial charge in [0.25, 0.3) is 0 Å². The third-order valence-electron chi connectivity index (χ3n) is 3.04. The molecule has 21 heavy (non-hydrogen) atoms. The monoisotopic (exact) mass is 325 g/mol. The molecule has 0 saturated carbocycles. The molecule has 0 unspecified atom stereocenters. The molecule has 0 amide bonds. The maximum atomic E-state index is 13.6. The smallest absolute Gasteiger partial charge is 0.178 e. The van der Waals surface area contributed by atoms with Gasteiger partial charge in [0, 0.05) is 22.7 Å². The molecular weight excluding hydrogens is 312 g/mol. The first-order chi connectivity index (χ1) is 9.97. The van der Waals surface area contributed by atoms with Gasteiger partial charge in [0.15, 0.2) is 5.78 Å². The van der Waals surface area contributed by atoms with Crippen LogP contribution < -0.4 is 0 Å². The quantitative estimate of drug-likeness (QED) is 0.757. The van der Waals surface area contributed by atoms with Gasteiger partial charge >= 0.3 is 0 Å². The molecule has 0 heterocycles. The fraction of sp³-hybridized carbons (Fsp3) is 0.188. The van der Waals surface area contributed by atoms with Crippen molar-refractivity contribution in [2.45, 2.75) is 6.54 Å². The molecule has 0 atom stereocenters. The first-order valence-electron chi connectivity index (χ1n) is 6.37. The van der Waals surface area contributed by atoms with Gasteiger partial charge in [0.2, 0.25) is 0 Å². The number of Topliss-reactive ketones (excluding diaryl/α,β-unsaturated/α-hetero) is 1. The Morgan fingerprint density at radius 2 is 1.90 bits per heavy atom. The van der Waals surface area contributed by atoms with Gasteiger partial charge in [0.05, 0.1) is 11.6 Å². The van der Waals surface area contributed by atoms with Crippen LogP contribution in [0.5, 0.6) is 0 Å². The fourth-order valence-electron chi connectivity index (χ4n) is 2.01. The standard InChI is InChI=1S/C16H14Cl2FNO/c1-20(9-11-4-2-3-5-15(11)19)10-16(21)13-8-12(17)6-7-14(13)18/h2-8H,9-10H2,1H3. The number of ketones is 1. The van der Waals surface area contributed by atoms with Crippen molar-refractivity contribution in [2.24, 2.45) is 0 Å². The third kappa shape index (κ3) is 4.27.